The second kappa shape index (κ2) is 5.87. The van der Waals surface area contributed by atoms with Gasteiger partial charge in [0, 0.05) is 50.0 Å². The summed E-state index contributed by atoms with van der Waals surface area (Å²) in [4.78, 5) is 7.84. The molecule has 0 aliphatic rings. The van der Waals surface area contributed by atoms with Gasteiger partial charge < -0.3 is 10.2 Å². The lowest BCUT2D eigenvalue weighted by atomic mass is 10.0. The molecule has 0 aliphatic heterocycles. The lowest BCUT2D eigenvalue weighted by molar-refractivity contribution is 0.586. The summed E-state index contributed by atoms with van der Waals surface area (Å²) >= 11 is 1.67. The van der Waals surface area contributed by atoms with Crippen LogP contribution < -0.4 is 10.2 Å². The Kier molecular flexibility index (Phi) is 3.94. The first-order valence-electron chi connectivity index (χ1n) is 7.03. The number of imidazole rings is 1. The summed E-state index contributed by atoms with van der Waals surface area (Å²) in [6, 6.07) is 8.98. The number of likely N-dealkylation sites (N-methyl/N-ethyl adjacent to an activating group) is 1. The summed E-state index contributed by atoms with van der Waals surface area (Å²) in [7, 11) is 6.12. The molecule has 4 nitrogen and oxygen atoms in total. The van der Waals surface area contributed by atoms with Crippen molar-refractivity contribution in [3.05, 3.63) is 53.3 Å². The minimum atomic E-state index is 0.283. The summed E-state index contributed by atoms with van der Waals surface area (Å²) in [6.07, 6.45) is 5.06. The van der Waals surface area contributed by atoms with Gasteiger partial charge in [0.15, 0.2) is 4.96 Å². The Morgan fingerprint density at radius 2 is 2.05 bits per heavy atom. The molecule has 1 atom stereocenters. The Balaban J connectivity index is 1.79. The second-order valence-electron chi connectivity index (χ2n) is 5.36. The third-order valence-electron chi connectivity index (χ3n) is 3.72. The van der Waals surface area contributed by atoms with E-state index in [9.17, 15) is 0 Å². The normalized spacial score (nSPS) is 12.7. The molecule has 0 amide bonds. The van der Waals surface area contributed by atoms with Crippen LogP contribution in [0.5, 0.6) is 0 Å². The number of anilines is 1. The van der Waals surface area contributed by atoms with Crippen LogP contribution in [-0.4, -0.2) is 30.5 Å². The Morgan fingerprint density at radius 1 is 1.29 bits per heavy atom. The maximum Gasteiger partial charge on any atom is 0.193 e. The van der Waals surface area contributed by atoms with Gasteiger partial charge >= 0.3 is 0 Å². The van der Waals surface area contributed by atoms with Gasteiger partial charge in [0.1, 0.15) is 0 Å². The van der Waals surface area contributed by atoms with Crippen molar-refractivity contribution in [2.75, 3.05) is 26.0 Å². The van der Waals surface area contributed by atoms with E-state index < -0.39 is 0 Å². The average molecular weight is 300 g/mol. The average Bonchev–Trinajstić information content (AvgIpc) is 3.06. The van der Waals surface area contributed by atoms with Gasteiger partial charge in [0.05, 0.1) is 5.69 Å². The molecule has 3 aromatic rings. The Hall–Kier alpha value is -1.85. The van der Waals surface area contributed by atoms with Crippen LogP contribution in [0.4, 0.5) is 5.69 Å². The molecule has 2 aromatic heterocycles. The van der Waals surface area contributed by atoms with E-state index in [1.54, 1.807) is 11.3 Å². The first-order valence-corrected chi connectivity index (χ1v) is 7.91. The molecule has 0 aliphatic carbocycles. The SMILES string of the molecule is CNC(Cc1cn2ccsc2n1)c1ccc(N(C)C)cc1. The number of thiazole rings is 1. The van der Waals surface area contributed by atoms with E-state index in [0.29, 0.717) is 0 Å². The lowest BCUT2D eigenvalue weighted by Gasteiger charge is -2.18. The molecule has 1 N–H and O–H groups in total. The number of hydrogen-bond acceptors (Lipinski definition) is 4. The number of fused-ring (bicyclic) bond motifs is 1. The standard InChI is InChI=1S/C16H20N4S/c1-17-15(12-4-6-14(7-5-12)19(2)3)10-13-11-20-8-9-21-16(20)18-13/h4-9,11,15,17H,10H2,1-3H3. The fraction of sp³-hybridized carbons (Fsp3) is 0.312. The van der Waals surface area contributed by atoms with E-state index in [2.05, 4.69) is 75.7 Å². The zero-order chi connectivity index (χ0) is 14.8. The third kappa shape index (κ3) is 2.94. The molecule has 110 valence electrons. The Bertz CT molecular complexity index is 683. The molecule has 1 unspecified atom stereocenters. The molecule has 0 bridgehead atoms. The van der Waals surface area contributed by atoms with Crippen molar-refractivity contribution in [1.82, 2.24) is 14.7 Å². The highest BCUT2D eigenvalue weighted by molar-refractivity contribution is 7.15. The van der Waals surface area contributed by atoms with Crippen molar-refractivity contribution >= 4 is 22.0 Å². The minimum absolute atomic E-state index is 0.283. The summed E-state index contributed by atoms with van der Waals surface area (Å²) in [5, 5.41) is 5.45. The van der Waals surface area contributed by atoms with E-state index >= 15 is 0 Å². The Morgan fingerprint density at radius 3 is 2.67 bits per heavy atom. The van der Waals surface area contributed by atoms with Crippen LogP contribution >= 0.6 is 11.3 Å². The van der Waals surface area contributed by atoms with Gasteiger partial charge in [0.25, 0.3) is 0 Å². The van der Waals surface area contributed by atoms with Crippen molar-refractivity contribution < 1.29 is 0 Å². The second-order valence-corrected chi connectivity index (χ2v) is 6.23. The molecule has 0 radical (unpaired) electrons. The fourth-order valence-corrected chi connectivity index (χ4v) is 3.19. The molecule has 3 rings (SSSR count). The van der Waals surface area contributed by atoms with Gasteiger partial charge in [-0.05, 0) is 24.7 Å². The number of nitrogens with zero attached hydrogens (tertiary/aromatic N) is 3. The molecule has 0 fully saturated rings. The maximum atomic E-state index is 4.67. The van der Waals surface area contributed by atoms with Crippen molar-refractivity contribution in [2.45, 2.75) is 12.5 Å². The van der Waals surface area contributed by atoms with Gasteiger partial charge in [-0.2, -0.15) is 0 Å². The quantitative estimate of drug-likeness (QED) is 0.786. The van der Waals surface area contributed by atoms with Crippen LogP contribution in [0.3, 0.4) is 0 Å². The van der Waals surface area contributed by atoms with Crippen LogP contribution in [0.25, 0.3) is 4.96 Å². The molecule has 1 aromatic carbocycles. The van der Waals surface area contributed by atoms with Gasteiger partial charge in [-0.1, -0.05) is 12.1 Å². The number of nitrogens with one attached hydrogen (secondary N) is 1. The van der Waals surface area contributed by atoms with E-state index in [0.717, 1.165) is 17.1 Å². The van der Waals surface area contributed by atoms with Crippen LogP contribution in [0.1, 0.15) is 17.3 Å². The predicted octanol–water partition coefficient (Wildman–Crippen LogP) is 2.97. The van der Waals surface area contributed by atoms with Crippen molar-refractivity contribution in [2.24, 2.45) is 0 Å². The van der Waals surface area contributed by atoms with Gasteiger partial charge in [-0.25, -0.2) is 4.98 Å². The first kappa shape index (κ1) is 14.1. The van der Waals surface area contributed by atoms with E-state index in [1.807, 2.05) is 7.05 Å². The highest BCUT2D eigenvalue weighted by atomic mass is 32.1. The lowest BCUT2D eigenvalue weighted by Crippen LogP contribution is -2.19. The predicted molar refractivity (Wildman–Crippen MR) is 89.3 cm³/mol. The van der Waals surface area contributed by atoms with E-state index in [-0.39, 0.29) is 6.04 Å². The molecular formula is C16H20N4S. The molecular weight excluding hydrogens is 280 g/mol. The first-order chi connectivity index (χ1) is 10.2. The molecule has 21 heavy (non-hydrogen) atoms. The number of aromatic nitrogens is 2. The number of rotatable bonds is 5. The molecule has 0 saturated carbocycles. The molecule has 0 saturated heterocycles. The monoisotopic (exact) mass is 300 g/mol. The third-order valence-corrected chi connectivity index (χ3v) is 4.49. The summed E-state index contributed by atoms with van der Waals surface area (Å²) in [5.74, 6) is 0. The highest BCUT2D eigenvalue weighted by Gasteiger charge is 2.13. The van der Waals surface area contributed by atoms with Crippen molar-refractivity contribution in [3.8, 4) is 0 Å². The Labute approximate surface area is 129 Å². The zero-order valence-corrected chi connectivity index (χ0v) is 13.4. The van der Waals surface area contributed by atoms with Crippen LogP contribution in [-0.2, 0) is 6.42 Å². The molecule has 0 spiro atoms. The van der Waals surface area contributed by atoms with Crippen LogP contribution in [0.2, 0.25) is 0 Å². The summed E-state index contributed by atoms with van der Waals surface area (Å²) in [6.45, 7) is 0. The summed E-state index contributed by atoms with van der Waals surface area (Å²) < 4.78 is 2.09. The summed E-state index contributed by atoms with van der Waals surface area (Å²) in [5.41, 5.74) is 3.63. The smallest absolute Gasteiger partial charge is 0.193 e. The number of hydrogen-bond donors (Lipinski definition) is 1. The highest BCUT2D eigenvalue weighted by Crippen LogP contribution is 2.22. The van der Waals surface area contributed by atoms with Crippen LogP contribution in [0.15, 0.2) is 42.0 Å². The van der Waals surface area contributed by atoms with E-state index in [4.69, 9.17) is 0 Å². The minimum Gasteiger partial charge on any atom is -0.378 e. The number of benzene rings is 1. The van der Waals surface area contributed by atoms with Crippen molar-refractivity contribution in [3.63, 3.8) is 0 Å². The fourth-order valence-electron chi connectivity index (χ4n) is 2.47. The van der Waals surface area contributed by atoms with Crippen molar-refractivity contribution in [1.29, 1.82) is 0 Å². The molecule has 5 heteroatoms. The zero-order valence-electron chi connectivity index (χ0n) is 12.6. The van der Waals surface area contributed by atoms with Gasteiger partial charge in [-0.3, -0.25) is 4.40 Å². The maximum absolute atomic E-state index is 4.67. The van der Waals surface area contributed by atoms with Crippen LogP contribution in [0, 0.1) is 0 Å². The van der Waals surface area contributed by atoms with Gasteiger partial charge in [-0.15, -0.1) is 11.3 Å². The van der Waals surface area contributed by atoms with Gasteiger partial charge in [0.2, 0.25) is 0 Å². The largest absolute Gasteiger partial charge is 0.378 e. The molecule has 2 heterocycles. The topological polar surface area (TPSA) is 32.6 Å². The van der Waals surface area contributed by atoms with E-state index in [1.165, 1.54) is 11.3 Å².